The van der Waals surface area contributed by atoms with Crippen molar-refractivity contribution >= 4 is 63.7 Å². The summed E-state index contributed by atoms with van der Waals surface area (Å²) in [6.45, 7) is 0. The lowest BCUT2D eigenvalue weighted by atomic mass is 10.2. The van der Waals surface area contributed by atoms with Gasteiger partial charge in [0.25, 0.3) is 0 Å². The van der Waals surface area contributed by atoms with Gasteiger partial charge in [0.05, 0.1) is 0 Å². The van der Waals surface area contributed by atoms with Crippen LogP contribution in [0.3, 0.4) is 0 Å². The Bertz CT molecular complexity index is 75.0. The van der Waals surface area contributed by atoms with Gasteiger partial charge in [0.15, 0.2) is 0 Å². The van der Waals surface area contributed by atoms with E-state index >= 15 is 0 Å². The largest absolute Gasteiger partial charge is 0.0928 e. The van der Waals surface area contributed by atoms with Crippen LogP contribution in [-0.2, 0) is 0 Å². The Balaban J connectivity index is 0. The van der Waals surface area contributed by atoms with Crippen LogP contribution in [-0.4, -0.2) is 21.3 Å². The van der Waals surface area contributed by atoms with E-state index < -0.39 is 0 Å². The van der Waals surface area contributed by atoms with E-state index in [9.17, 15) is 0 Å². The van der Waals surface area contributed by atoms with Gasteiger partial charge >= 0.3 is 0 Å². The number of rotatable bonds is 10. The van der Waals surface area contributed by atoms with Crippen molar-refractivity contribution in [2.45, 2.75) is 51.4 Å². The summed E-state index contributed by atoms with van der Waals surface area (Å²) < 4.78 is 0. The fourth-order valence-corrected chi connectivity index (χ4v) is 2.67. The van der Waals surface area contributed by atoms with Crippen LogP contribution >= 0.6 is 63.7 Å². The minimum Gasteiger partial charge on any atom is -0.0928 e. The molecule has 0 aliphatic carbocycles. The van der Waals surface area contributed by atoms with Crippen molar-refractivity contribution in [3.63, 3.8) is 0 Å². The number of hydrogen-bond donors (Lipinski definition) is 0. The summed E-state index contributed by atoms with van der Waals surface area (Å²) in [5, 5.41) is 4.65. The Morgan fingerprint density at radius 1 is 0.312 bits per heavy atom. The van der Waals surface area contributed by atoms with Crippen LogP contribution in [0.1, 0.15) is 51.4 Å². The molecule has 0 aromatic rings. The van der Waals surface area contributed by atoms with Crippen molar-refractivity contribution in [2.24, 2.45) is 0 Å². The molecule has 0 radical (unpaired) electrons. The molecule has 0 aliphatic rings. The van der Waals surface area contributed by atoms with Gasteiger partial charge in [-0.15, -0.1) is 0 Å². The molecule has 0 amide bonds. The lowest BCUT2D eigenvalue weighted by molar-refractivity contribution is 0.715. The first kappa shape index (κ1) is 20.2. The third kappa shape index (κ3) is 24.9. The second-order valence-corrected chi connectivity index (χ2v) is 6.76. The summed E-state index contributed by atoms with van der Waals surface area (Å²) in [7, 11) is 0. The molecule has 0 nitrogen and oxygen atoms in total. The summed E-state index contributed by atoms with van der Waals surface area (Å²) in [5.41, 5.74) is 0. The molecule has 0 unspecified atom stereocenters. The quantitative estimate of drug-likeness (QED) is 0.238. The van der Waals surface area contributed by atoms with Crippen LogP contribution in [0, 0.1) is 0 Å². The zero-order valence-electron chi connectivity index (χ0n) is 10.00. The van der Waals surface area contributed by atoms with Crippen LogP contribution < -0.4 is 0 Å². The topological polar surface area (TPSA) is 0 Å². The summed E-state index contributed by atoms with van der Waals surface area (Å²) in [5.74, 6) is 0. The highest BCUT2D eigenvalue weighted by molar-refractivity contribution is 9.09. The van der Waals surface area contributed by atoms with Crippen molar-refractivity contribution in [2.75, 3.05) is 21.3 Å². The summed E-state index contributed by atoms with van der Waals surface area (Å²) in [4.78, 5) is 0. The second kappa shape index (κ2) is 22.1. The van der Waals surface area contributed by atoms with Gasteiger partial charge in [-0.3, -0.25) is 0 Å². The van der Waals surface area contributed by atoms with Crippen molar-refractivity contribution in [1.29, 1.82) is 0 Å². The highest BCUT2D eigenvalue weighted by Crippen LogP contribution is 2.03. The lowest BCUT2D eigenvalue weighted by Gasteiger charge is -1.92. The first-order valence-electron chi connectivity index (χ1n) is 6.07. The molecule has 0 aromatic heterocycles. The summed E-state index contributed by atoms with van der Waals surface area (Å²) in [6.07, 6.45) is 10.8. The van der Waals surface area contributed by atoms with E-state index in [1.807, 2.05) is 0 Å². The van der Waals surface area contributed by atoms with Crippen molar-refractivity contribution in [3.05, 3.63) is 0 Å². The van der Waals surface area contributed by atoms with Crippen LogP contribution in [0.5, 0.6) is 0 Å². The van der Waals surface area contributed by atoms with E-state index in [1.165, 1.54) is 51.4 Å². The standard InChI is InChI=1S/2C6H12Br2/c2*7-5-3-1-2-4-6-8/h2*1-6H2. The second-order valence-electron chi connectivity index (χ2n) is 3.58. The monoisotopic (exact) mass is 484 g/mol. The number of alkyl halides is 4. The van der Waals surface area contributed by atoms with E-state index in [0.717, 1.165) is 21.3 Å². The molecule has 0 bridgehead atoms. The average Bonchev–Trinajstić information content (AvgIpc) is 2.31. The summed E-state index contributed by atoms with van der Waals surface area (Å²) >= 11 is 13.6. The van der Waals surface area contributed by atoms with Crippen molar-refractivity contribution < 1.29 is 0 Å². The first-order valence-corrected chi connectivity index (χ1v) is 10.6. The van der Waals surface area contributed by atoms with E-state index in [0.29, 0.717) is 0 Å². The molecule has 0 rings (SSSR count). The van der Waals surface area contributed by atoms with Gasteiger partial charge in [-0.1, -0.05) is 89.4 Å². The van der Waals surface area contributed by atoms with Crippen molar-refractivity contribution in [1.82, 2.24) is 0 Å². The van der Waals surface area contributed by atoms with E-state index in [-0.39, 0.29) is 0 Å². The van der Waals surface area contributed by atoms with Crippen LogP contribution in [0.15, 0.2) is 0 Å². The molecule has 0 N–H and O–H groups in total. The number of hydrogen-bond acceptors (Lipinski definition) is 0. The van der Waals surface area contributed by atoms with Gasteiger partial charge in [0.1, 0.15) is 0 Å². The predicted octanol–water partition coefficient (Wildman–Crippen LogP) is 6.67. The number of unbranched alkanes of at least 4 members (excludes halogenated alkanes) is 6. The molecule has 16 heavy (non-hydrogen) atoms. The Labute approximate surface area is 135 Å². The fourth-order valence-electron chi connectivity index (χ4n) is 1.09. The zero-order chi connectivity index (χ0) is 12.5. The van der Waals surface area contributed by atoms with Gasteiger partial charge in [-0.05, 0) is 25.7 Å². The molecule has 0 aromatic carbocycles. The molecule has 0 fully saturated rings. The van der Waals surface area contributed by atoms with Gasteiger partial charge in [0.2, 0.25) is 0 Å². The maximum atomic E-state index is 3.39. The Hall–Kier alpha value is 1.92. The minimum absolute atomic E-state index is 1.16. The van der Waals surface area contributed by atoms with E-state index in [4.69, 9.17) is 0 Å². The fraction of sp³-hybridized carbons (Fsp3) is 1.00. The maximum Gasteiger partial charge on any atom is 0.00313 e. The minimum atomic E-state index is 1.16. The molecule has 0 saturated carbocycles. The third-order valence-corrected chi connectivity index (χ3v) is 4.28. The van der Waals surface area contributed by atoms with Gasteiger partial charge in [0, 0.05) is 21.3 Å². The Morgan fingerprint density at radius 2 is 0.500 bits per heavy atom. The van der Waals surface area contributed by atoms with Crippen molar-refractivity contribution in [3.8, 4) is 0 Å². The summed E-state index contributed by atoms with van der Waals surface area (Å²) in [6, 6.07) is 0. The van der Waals surface area contributed by atoms with E-state index in [2.05, 4.69) is 63.7 Å². The Morgan fingerprint density at radius 3 is 0.625 bits per heavy atom. The van der Waals surface area contributed by atoms with Crippen LogP contribution in [0.4, 0.5) is 0 Å². The molecular weight excluding hydrogens is 464 g/mol. The number of halogens is 4. The van der Waals surface area contributed by atoms with Gasteiger partial charge < -0.3 is 0 Å². The Kier molecular flexibility index (Phi) is 28.0. The van der Waals surface area contributed by atoms with Gasteiger partial charge in [-0.2, -0.15) is 0 Å². The molecule has 100 valence electrons. The van der Waals surface area contributed by atoms with Crippen LogP contribution in [0.2, 0.25) is 0 Å². The average molecular weight is 488 g/mol. The SMILES string of the molecule is BrCCCCCCBr.BrCCCCCCBr. The maximum absolute atomic E-state index is 3.39. The normalized spacial score (nSPS) is 9.75. The molecule has 0 aliphatic heterocycles. The van der Waals surface area contributed by atoms with E-state index in [1.54, 1.807) is 0 Å². The zero-order valence-corrected chi connectivity index (χ0v) is 16.3. The third-order valence-electron chi connectivity index (χ3n) is 2.03. The lowest BCUT2D eigenvalue weighted by Crippen LogP contribution is -1.78. The smallest absolute Gasteiger partial charge is 0.00313 e. The molecule has 0 heterocycles. The van der Waals surface area contributed by atoms with Crippen LogP contribution in [0.25, 0.3) is 0 Å². The van der Waals surface area contributed by atoms with Gasteiger partial charge in [-0.25, -0.2) is 0 Å². The molecule has 4 heteroatoms. The molecule has 0 spiro atoms. The molecular formula is C12H24Br4. The highest BCUT2D eigenvalue weighted by atomic mass is 79.9. The predicted molar refractivity (Wildman–Crippen MR) is 92.1 cm³/mol. The highest BCUT2D eigenvalue weighted by Gasteiger charge is 1.85. The molecule has 0 atom stereocenters. The molecule has 0 saturated heterocycles. The first-order chi connectivity index (χ1) is 7.83.